The zero-order chi connectivity index (χ0) is 16.4. The predicted molar refractivity (Wildman–Crippen MR) is 87.3 cm³/mol. The van der Waals surface area contributed by atoms with Crippen LogP contribution in [0, 0.1) is 5.82 Å². The van der Waals surface area contributed by atoms with Crippen LogP contribution >= 0.6 is 0 Å². The molecule has 1 N–H and O–H groups in total. The van der Waals surface area contributed by atoms with Crippen LogP contribution in [0.4, 0.5) is 4.39 Å². The molecule has 0 saturated carbocycles. The fraction of sp³-hybridized carbons (Fsp3) is 0.222. The first-order chi connectivity index (χ1) is 11.0. The third-order valence-electron chi connectivity index (χ3n) is 3.84. The summed E-state index contributed by atoms with van der Waals surface area (Å²) in [7, 11) is 0. The van der Waals surface area contributed by atoms with Crippen molar-refractivity contribution in [3.8, 4) is 0 Å². The molecule has 0 radical (unpaired) electrons. The van der Waals surface area contributed by atoms with Gasteiger partial charge in [0.05, 0.1) is 22.9 Å². The highest BCUT2D eigenvalue weighted by Crippen LogP contribution is 2.23. The number of benzene rings is 2. The van der Waals surface area contributed by atoms with Gasteiger partial charge in [0.2, 0.25) is 5.91 Å². The molecule has 0 atom stereocenters. The molecule has 0 saturated heterocycles. The number of fused-ring (bicyclic) bond motifs is 1. The molecule has 1 amide bonds. The van der Waals surface area contributed by atoms with Gasteiger partial charge in [0.25, 0.3) is 0 Å². The molecule has 5 heteroatoms. The lowest BCUT2D eigenvalue weighted by molar-refractivity contribution is -0.123. The number of para-hydroxylation sites is 2. The molecule has 0 fully saturated rings. The van der Waals surface area contributed by atoms with Gasteiger partial charge in [-0.3, -0.25) is 4.79 Å². The van der Waals surface area contributed by atoms with Crippen LogP contribution in [-0.4, -0.2) is 15.5 Å². The summed E-state index contributed by atoms with van der Waals surface area (Å²) in [5.41, 5.74) is 1.41. The number of nitrogens with one attached hydrogen (secondary N) is 1. The van der Waals surface area contributed by atoms with E-state index in [9.17, 15) is 9.18 Å². The number of carbonyl (C=O) groups is 1. The van der Waals surface area contributed by atoms with Crippen molar-refractivity contribution < 1.29 is 9.18 Å². The van der Waals surface area contributed by atoms with Crippen LogP contribution in [0.5, 0.6) is 0 Å². The second-order valence-electron chi connectivity index (χ2n) is 6.01. The Balaban J connectivity index is 1.78. The highest BCUT2D eigenvalue weighted by Gasteiger charge is 2.25. The highest BCUT2D eigenvalue weighted by molar-refractivity contribution is 5.81. The normalized spacial score (nSPS) is 11.6. The third-order valence-corrected chi connectivity index (χ3v) is 3.84. The Morgan fingerprint density at radius 3 is 2.65 bits per heavy atom. The number of nitrogens with zero attached hydrogens (tertiary/aromatic N) is 2. The average Bonchev–Trinajstić information content (AvgIpc) is 2.90. The van der Waals surface area contributed by atoms with Crippen LogP contribution < -0.4 is 5.32 Å². The molecule has 118 valence electrons. The molecule has 0 aliphatic rings. The maximum atomic E-state index is 14.0. The van der Waals surface area contributed by atoms with E-state index < -0.39 is 5.54 Å². The maximum Gasteiger partial charge on any atom is 0.240 e. The predicted octanol–water partition coefficient (Wildman–Crippen LogP) is 3.23. The van der Waals surface area contributed by atoms with Crippen LogP contribution in [0.2, 0.25) is 0 Å². The van der Waals surface area contributed by atoms with Crippen molar-refractivity contribution in [1.29, 1.82) is 0 Å². The minimum absolute atomic E-state index is 0.137. The van der Waals surface area contributed by atoms with E-state index in [4.69, 9.17) is 0 Å². The van der Waals surface area contributed by atoms with Gasteiger partial charge in [0.1, 0.15) is 12.4 Å². The number of hydrogen-bond donors (Lipinski definition) is 1. The molecule has 23 heavy (non-hydrogen) atoms. The molecule has 0 bridgehead atoms. The topological polar surface area (TPSA) is 46.9 Å². The van der Waals surface area contributed by atoms with Gasteiger partial charge in [-0.2, -0.15) is 0 Å². The molecule has 0 spiro atoms. The van der Waals surface area contributed by atoms with Crippen LogP contribution in [0.25, 0.3) is 11.0 Å². The summed E-state index contributed by atoms with van der Waals surface area (Å²) in [6.45, 7) is 3.71. The number of amides is 1. The van der Waals surface area contributed by atoms with Crippen molar-refractivity contribution in [2.24, 2.45) is 0 Å². The van der Waals surface area contributed by atoms with E-state index in [0.29, 0.717) is 5.56 Å². The molecule has 3 rings (SSSR count). The van der Waals surface area contributed by atoms with Crippen LogP contribution in [-0.2, 0) is 16.9 Å². The monoisotopic (exact) mass is 311 g/mol. The number of rotatable bonds is 4. The zero-order valence-corrected chi connectivity index (χ0v) is 13.1. The Labute approximate surface area is 134 Å². The van der Waals surface area contributed by atoms with Gasteiger partial charge in [-0.05, 0) is 32.0 Å². The van der Waals surface area contributed by atoms with Gasteiger partial charge in [-0.15, -0.1) is 0 Å². The lowest BCUT2D eigenvalue weighted by atomic mass is 9.93. The molecule has 3 aromatic rings. The minimum Gasteiger partial charge on any atom is -0.345 e. The Hall–Kier alpha value is -2.69. The Kier molecular flexibility index (Phi) is 3.86. The van der Waals surface area contributed by atoms with Crippen LogP contribution in [0.3, 0.4) is 0 Å². The number of hydrogen-bond acceptors (Lipinski definition) is 2. The molecule has 4 nitrogen and oxygen atoms in total. The van der Waals surface area contributed by atoms with Crippen molar-refractivity contribution in [2.75, 3.05) is 0 Å². The number of halogens is 1. The van der Waals surface area contributed by atoms with Crippen molar-refractivity contribution in [2.45, 2.75) is 25.9 Å². The second-order valence-corrected chi connectivity index (χ2v) is 6.01. The van der Waals surface area contributed by atoms with Crippen molar-refractivity contribution in [3.63, 3.8) is 0 Å². The molecule has 0 unspecified atom stereocenters. The molecule has 1 aromatic heterocycles. The molecule has 1 heterocycles. The van der Waals surface area contributed by atoms with Gasteiger partial charge < -0.3 is 9.88 Å². The summed E-state index contributed by atoms with van der Waals surface area (Å²) in [5, 5.41) is 2.89. The van der Waals surface area contributed by atoms with Gasteiger partial charge in [-0.1, -0.05) is 30.3 Å². The van der Waals surface area contributed by atoms with E-state index in [-0.39, 0.29) is 18.3 Å². The van der Waals surface area contributed by atoms with Crippen molar-refractivity contribution in [1.82, 2.24) is 14.9 Å². The summed E-state index contributed by atoms with van der Waals surface area (Å²) in [4.78, 5) is 16.6. The van der Waals surface area contributed by atoms with Gasteiger partial charge in [-0.25, -0.2) is 9.37 Å². The number of aromatic nitrogens is 2. The van der Waals surface area contributed by atoms with E-state index in [1.807, 2.05) is 24.3 Å². The average molecular weight is 311 g/mol. The second kappa shape index (κ2) is 5.83. The number of imidazole rings is 1. The zero-order valence-electron chi connectivity index (χ0n) is 13.1. The minimum atomic E-state index is -0.793. The molecular weight excluding hydrogens is 293 g/mol. The summed E-state index contributed by atoms with van der Waals surface area (Å²) < 4.78 is 15.7. The van der Waals surface area contributed by atoms with E-state index in [1.54, 1.807) is 42.9 Å². The van der Waals surface area contributed by atoms with Crippen LogP contribution in [0.15, 0.2) is 54.9 Å². The number of carbonyl (C=O) groups excluding carboxylic acids is 1. The Morgan fingerprint density at radius 2 is 1.87 bits per heavy atom. The van der Waals surface area contributed by atoms with Gasteiger partial charge in [0.15, 0.2) is 0 Å². The summed E-state index contributed by atoms with van der Waals surface area (Å²) >= 11 is 0. The summed E-state index contributed by atoms with van der Waals surface area (Å²) in [6.07, 6.45) is 1.64. The first-order valence-electron chi connectivity index (χ1n) is 7.43. The summed E-state index contributed by atoms with van der Waals surface area (Å²) in [5.74, 6) is -0.521. The lowest BCUT2D eigenvalue weighted by Crippen LogP contribution is -2.43. The standard InChI is InChI=1S/C18H18FN3O/c1-18(2,13-7-3-4-8-14(13)19)21-17(23)11-22-12-20-15-9-5-6-10-16(15)22/h3-10,12H,11H2,1-2H3,(H,21,23). The largest absolute Gasteiger partial charge is 0.345 e. The molecular formula is C18H18FN3O. The van der Waals surface area contributed by atoms with E-state index in [1.165, 1.54) is 6.07 Å². The van der Waals surface area contributed by atoms with Gasteiger partial charge >= 0.3 is 0 Å². The molecule has 0 aliphatic heterocycles. The fourth-order valence-electron chi connectivity index (χ4n) is 2.71. The first kappa shape index (κ1) is 15.2. The fourth-order valence-corrected chi connectivity index (χ4v) is 2.71. The maximum absolute atomic E-state index is 14.0. The van der Waals surface area contributed by atoms with E-state index >= 15 is 0 Å². The highest BCUT2D eigenvalue weighted by atomic mass is 19.1. The van der Waals surface area contributed by atoms with Gasteiger partial charge in [0, 0.05) is 5.56 Å². The molecule has 0 aliphatic carbocycles. The van der Waals surface area contributed by atoms with Crippen LogP contribution in [0.1, 0.15) is 19.4 Å². The molecule has 2 aromatic carbocycles. The first-order valence-corrected chi connectivity index (χ1v) is 7.43. The van der Waals surface area contributed by atoms with Crippen molar-refractivity contribution >= 4 is 16.9 Å². The Bertz CT molecular complexity index is 854. The van der Waals surface area contributed by atoms with E-state index in [0.717, 1.165) is 11.0 Å². The summed E-state index contributed by atoms with van der Waals surface area (Å²) in [6, 6.07) is 14.1. The van der Waals surface area contributed by atoms with E-state index in [2.05, 4.69) is 10.3 Å². The third kappa shape index (κ3) is 3.08. The Morgan fingerprint density at radius 1 is 1.17 bits per heavy atom. The SMILES string of the molecule is CC(C)(NC(=O)Cn1cnc2ccccc21)c1ccccc1F. The van der Waals surface area contributed by atoms with Crippen molar-refractivity contribution in [3.05, 3.63) is 66.2 Å². The smallest absolute Gasteiger partial charge is 0.240 e. The lowest BCUT2D eigenvalue weighted by Gasteiger charge is -2.27. The quantitative estimate of drug-likeness (QED) is 0.804.